The molecule has 0 spiro atoms. The fourth-order valence-corrected chi connectivity index (χ4v) is 1.68. The van der Waals surface area contributed by atoms with Crippen LogP contribution in [0.5, 0.6) is 0 Å². The molecule has 0 heterocycles. The molecule has 0 aromatic rings. The maximum absolute atomic E-state index is 3.81. The fraction of sp³-hybridized carbons (Fsp3) is 0.455. The topological polar surface area (TPSA) is 0 Å². The van der Waals surface area contributed by atoms with Gasteiger partial charge in [-0.2, -0.15) is 0 Å². The van der Waals surface area contributed by atoms with E-state index in [0.717, 1.165) is 12.3 Å². The third-order valence-corrected chi connectivity index (χ3v) is 2.35. The molecule has 0 amide bonds. The summed E-state index contributed by atoms with van der Waals surface area (Å²) < 4.78 is 0. The Labute approximate surface area is 69.3 Å². The van der Waals surface area contributed by atoms with Gasteiger partial charge in [0.25, 0.3) is 0 Å². The second-order valence-electron chi connectivity index (χ2n) is 3.08. The Kier molecular flexibility index (Phi) is 2.70. The van der Waals surface area contributed by atoms with E-state index in [1.54, 1.807) is 5.57 Å². The molecular formula is C11H16. The van der Waals surface area contributed by atoms with Gasteiger partial charge in [0.1, 0.15) is 0 Å². The molecular weight excluding hydrogens is 132 g/mol. The second kappa shape index (κ2) is 3.56. The van der Waals surface area contributed by atoms with Crippen molar-refractivity contribution >= 4 is 0 Å². The molecule has 0 saturated carbocycles. The SMILES string of the molecule is C=CC1=C(CC)C(C)CC=C1. The van der Waals surface area contributed by atoms with Crippen LogP contribution in [0.1, 0.15) is 26.7 Å². The smallest absolute Gasteiger partial charge is 0.0188 e. The third kappa shape index (κ3) is 1.62. The minimum atomic E-state index is 0.720. The van der Waals surface area contributed by atoms with Crippen molar-refractivity contribution in [2.24, 2.45) is 5.92 Å². The van der Waals surface area contributed by atoms with Gasteiger partial charge < -0.3 is 0 Å². The average Bonchev–Trinajstić information content (AvgIpc) is 2.04. The lowest BCUT2D eigenvalue weighted by Gasteiger charge is -2.19. The summed E-state index contributed by atoms with van der Waals surface area (Å²) in [5, 5.41) is 0. The van der Waals surface area contributed by atoms with Gasteiger partial charge in [0.15, 0.2) is 0 Å². The van der Waals surface area contributed by atoms with Crippen LogP contribution in [0.4, 0.5) is 0 Å². The number of hydrogen-bond acceptors (Lipinski definition) is 0. The standard InChI is InChI=1S/C11H16/c1-4-10-8-6-7-9(3)11(10)5-2/h4,6,8-9H,1,5,7H2,2-3H3. The predicted molar refractivity (Wildman–Crippen MR) is 50.4 cm³/mol. The first-order valence-electron chi connectivity index (χ1n) is 4.31. The molecule has 11 heavy (non-hydrogen) atoms. The van der Waals surface area contributed by atoms with Crippen molar-refractivity contribution in [2.45, 2.75) is 26.7 Å². The second-order valence-corrected chi connectivity index (χ2v) is 3.08. The monoisotopic (exact) mass is 148 g/mol. The summed E-state index contributed by atoms with van der Waals surface area (Å²) in [5.41, 5.74) is 2.90. The van der Waals surface area contributed by atoms with Crippen molar-refractivity contribution in [3.63, 3.8) is 0 Å². The zero-order valence-electron chi connectivity index (χ0n) is 7.43. The van der Waals surface area contributed by atoms with Gasteiger partial charge in [-0.05, 0) is 24.3 Å². The summed E-state index contributed by atoms with van der Waals surface area (Å²) >= 11 is 0. The third-order valence-electron chi connectivity index (χ3n) is 2.35. The van der Waals surface area contributed by atoms with Crippen LogP contribution in [0, 0.1) is 5.92 Å². The zero-order chi connectivity index (χ0) is 8.27. The molecule has 0 aromatic carbocycles. The van der Waals surface area contributed by atoms with Crippen LogP contribution in [0.3, 0.4) is 0 Å². The van der Waals surface area contributed by atoms with Crippen molar-refractivity contribution in [2.75, 3.05) is 0 Å². The summed E-state index contributed by atoms with van der Waals surface area (Å²) in [4.78, 5) is 0. The largest absolute Gasteiger partial charge is 0.0985 e. The summed E-state index contributed by atoms with van der Waals surface area (Å²) in [7, 11) is 0. The van der Waals surface area contributed by atoms with Gasteiger partial charge in [-0.25, -0.2) is 0 Å². The first-order chi connectivity index (χ1) is 5.29. The Morgan fingerprint density at radius 2 is 2.45 bits per heavy atom. The molecule has 0 aromatic heterocycles. The minimum absolute atomic E-state index is 0.720. The highest BCUT2D eigenvalue weighted by molar-refractivity contribution is 5.38. The molecule has 0 aliphatic heterocycles. The van der Waals surface area contributed by atoms with E-state index in [1.165, 1.54) is 12.0 Å². The van der Waals surface area contributed by atoms with Gasteiger partial charge in [0, 0.05) is 0 Å². The molecule has 0 radical (unpaired) electrons. The van der Waals surface area contributed by atoms with E-state index in [-0.39, 0.29) is 0 Å². The van der Waals surface area contributed by atoms with Gasteiger partial charge in [0.05, 0.1) is 0 Å². The summed E-state index contributed by atoms with van der Waals surface area (Å²) in [6, 6.07) is 0. The Bertz CT molecular complexity index is 206. The van der Waals surface area contributed by atoms with Gasteiger partial charge in [-0.3, -0.25) is 0 Å². The van der Waals surface area contributed by atoms with Gasteiger partial charge in [-0.1, -0.05) is 44.2 Å². The van der Waals surface area contributed by atoms with Crippen molar-refractivity contribution < 1.29 is 0 Å². The highest BCUT2D eigenvalue weighted by atomic mass is 14.2. The number of rotatable bonds is 2. The Morgan fingerprint density at radius 1 is 1.73 bits per heavy atom. The maximum Gasteiger partial charge on any atom is -0.0188 e. The van der Waals surface area contributed by atoms with Crippen molar-refractivity contribution in [3.05, 3.63) is 36.0 Å². The minimum Gasteiger partial charge on any atom is -0.0985 e. The van der Waals surface area contributed by atoms with E-state index in [0.29, 0.717) is 0 Å². The number of hydrogen-bond donors (Lipinski definition) is 0. The fourth-order valence-electron chi connectivity index (χ4n) is 1.68. The Balaban J connectivity index is 2.94. The molecule has 1 rings (SSSR count). The Morgan fingerprint density at radius 3 is 2.91 bits per heavy atom. The predicted octanol–water partition coefficient (Wildman–Crippen LogP) is 3.48. The highest BCUT2D eigenvalue weighted by Gasteiger charge is 2.11. The van der Waals surface area contributed by atoms with Crippen LogP contribution in [0.25, 0.3) is 0 Å². The summed E-state index contributed by atoms with van der Waals surface area (Å²) in [6.45, 7) is 8.31. The van der Waals surface area contributed by atoms with E-state index in [2.05, 4.69) is 32.6 Å². The van der Waals surface area contributed by atoms with Gasteiger partial charge in [0.2, 0.25) is 0 Å². The molecule has 0 fully saturated rings. The van der Waals surface area contributed by atoms with E-state index in [4.69, 9.17) is 0 Å². The van der Waals surface area contributed by atoms with Crippen LogP contribution in [0.2, 0.25) is 0 Å². The highest BCUT2D eigenvalue weighted by Crippen LogP contribution is 2.27. The molecule has 0 heteroatoms. The molecule has 1 unspecified atom stereocenters. The van der Waals surface area contributed by atoms with Crippen molar-refractivity contribution in [1.29, 1.82) is 0 Å². The zero-order valence-corrected chi connectivity index (χ0v) is 7.43. The maximum atomic E-state index is 3.81. The molecule has 1 aliphatic rings. The van der Waals surface area contributed by atoms with E-state index in [9.17, 15) is 0 Å². The lowest BCUT2D eigenvalue weighted by atomic mass is 9.87. The van der Waals surface area contributed by atoms with E-state index in [1.807, 2.05) is 6.08 Å². The first-order valence-corrected chi connectivity index (χ1v) is 4.31. The van der Waals surface area contributed by atoms with E-state index < -0.39 is 0 Å². The van der Waals surface area contributed by atoms with Crippen molar-refractivity contribution in [3.8, 4) is 0 Å². The van der Waals surface area contributed by atoms with Crippen LogP contribution in [-0.4, -0.2) is 0 Å². The molecule has 0 N–H and O–H groups in total. The lowest BCUT2D eigenvalue weighted by molar-refractivity contribution is 0.654. The van der Waals surface area contributed by atoms with Crippen molar-refractivity contribution in [1.82, 2.24) is 0 Å². The van der Waals surface area contributed by atoms with Crippen LogP contribution in [0.15, 0.2) is 36.0 Å². The normalized spacial score (nSPS) is 24.0. The summed E-state index contributed by atoms with van der Waals surface area (Å²) in [5.74, 6) is 0.720. The quantitative estimate of drug-likeness (QED) is 0.562. The van der Waals surface area contributed by atoms with Gasteiger partial charge in [-0.15, -0.1) is 0 Å². The van der Waals surface area contributed by atoms with Crippen LogP contribution < -0.4 is 0 Å². The number of allylic oxidation sites excluding steroid dienone is 5. The lowest BCUT2D eigenvalue weighted by Crippen LogP contribution is -2.03. The van der Waals surface area contributed by atoms with E-state index >= 15 is 0 Å². The first kappa shape index (κ1) is 8.32. The average molecular weight is 148 g/mol. The molecule has 0 bridgehead atoms. The summed E-state index contributed by atoms with van der Waals surface area (Å²) in [6.07, 6.45) is 8.74. The molecule has 0 nitrogen and oxygen atoms in total. The Hall–Kier alpha value is -0.780. The molecule has 0 saturated heterocycles. The molecule has 60 valence electrons. The van der Waals surface area contributed by atoms with Crippen LogP contribution >= 0.6 is 0 Å². The van der Waals surface area contributed by atoms with Crippen LogP contribution in [-0.2, 0) is 0 Å². The van der Waals surface area contributed by atoms with Gasteiger partial charge >= 0.3 is 0 Å². The molecule has 1 aliphatic carbocycles. The molecule has 1 atom stereocenters.